The highest BCUT2D eigenvalue weighted by atomic mass is 15.0. The van der Waals surface area contributed by atoms with Crippen LogP contribution in [0.1, 0.15) is 131 Å². The highest BCUT2D eigenvalue weighted by molar-refractivity contribution is 5.86. The third kappa shape index (κ3) is 19.8. The second kappa shape index (κ2) is 37.5. The summed E-state index contributed by atoms with van der Waals surface area (Å²) in [6, 6.07) is 52.9. The molecule has 81 heavy (non-hydrogen) atoms. The molecule has 0 bridgehead atoms. The van der Waals surface area contributed by atoms with E-state index in [4.69, 9.17) is 0 Å². The van der Waals surface area contributed by atoms with Crippen LogP contribution in [-0.4, -0.2) is 32.3 Å². The molecule has 0 radical (unpaired) electrons. The number of allylic oxidation sites excluding steroid dienone is 21. The summed E-state index contributed by atoms with van der Waals surface area (Å²) in [4.78, 5) is 5.86. The normalized spacial score (nSPS) is 14.8. The monoisotopic (exact) mass is 1070 g/mol. The van der Waals surface area contributed by atoms with Gasteiger partial charge in [0.05, 0.1) is 5.41 Å². The first kappa shape index (κ1) is 66.9. The molecule has 0 heterocycles. The van der Waals surface area contributed by atoms with E-state index in [0.717, 1.165) is 12.8 Å². The maximum absolute atomic E-state index is 3.81. The van der Waals surface area contributed by atoms with Crippen LogP contribution in [0.2, 0.25) is 0 Å². The number of hydrogen-bond donors (Lipinski definition) is 0. The molecular formula is C79H94N2. The molecular weight excluding hydrogens is 977 g/mol. The van der Waals surface area contributed by atoms with E-state index in [9.17, 15) is 0 Å². The van der Waals surface area contributed by atoms with E-state index in [1.807, 2.05) is 93.1 Å². The van der Waals surface area contributed by atoms with Gasteiger partial charge >= 0.3 is 0 Å². The SMILES string of the molecule is C/C=C(/C)C=NC.C/C=C1/C=C\C=C/Cc2ccc(/C=C\N(C)C)cc21.C=C/C=C(\C=C/C)C(/C=C\C/C=C\C(=C/C)c1ccc(C)cc1)=C/C.CC.CC.Cc1ccc2c(c1)C(c1ccccc1)(c1ccccc1)c1ccccc1-2. The Kier molecular flexibility index (Phi) is 31.0. The van der Waals surface area contributed by atoms with E-state index >= 15 is 0 Å². The summed E-state index contributed by atoms with van der Waals surface area (Å²) >= 11 is 0. The minimum atomic E-state index is -0.263. The average Bonchev–Trinajstić information content (AvgIpc) is 3.27. The Labute approximate surface area is 492 Å². The van der Waals surface area contributed by atoms with Crippen LogP contribution in [0.5, 0.6) is 0 Å². The van der Waals surface area contributed by atoms with Crippen LogP contribution in [0.3, 0.4) is 0 Å². The zero-order valence-corrected chi connectivity index (χ0v) is 51.8. The van der Waals surface area contributed by atoms with Gasteiger partial charge in [-0.05, 0) is 170 Å². The van der Waals surface area contributed by atoms with Gasteiger partial charge in [-0.2, -0.15) is 0 Å². The summed E-state index contributed by atoms with van der Waals surface area (Å²) in [6.07, 6.45) is 41.8. The molecule has 0 atom stereocenters. The van der Waals surface area contributed by atoms with Crippen molar-refractivity contribution < 1.29 is 0 Å². The van der Waals surface area contributed by atoms with Crippen molar-refractivity contribution in [1.29, 1.82) is 0 Å². The van der Waals surface area contributed by atoms with Gasteiger partial charge in [-0.25, -0.2) is 0 Å². The van der Waals surface area contributed by atoms with E-state index in [0.29, 0.717) is 0 Å². The van der Waals surface area contributed by atoms with Crippen LogP contribution in [-0.2, 0) is 11.8 Å². The number of benzene rings is 6. The molecule has 6 aromatic rings. The summed E-state index contributed by atoms with van der Waals surface area (Å²) in [5.74, 6) is 0. The maximum Gasteiger partial charge on any atom is 0.0713 e. The first-order valence-corrected chi connectivity index (χ1v) is 29.0. The second-order valence-corrected chi connectivity index (χ2v) is 19.2. The van der Waals surface area contributed by atoms with Gasteiger partial charge in [-0.1, -0.05) is 282 Å². The van der Waals surface area contributed by atoms with Crippen LogP contribution in [0.4, 0.5) is 0 Å². The first-order valence-electron chi connectivity index (χ1n) is 29.0. The molecule has 0 N–H and O–H groups in total. The fourth-order valence-electron chi connectivity index (χ4n) is 9.48. The Morgan fingerprint density at radius 1 is 0.617 bits per heavy atom. The van der Waals surface area contributed by atoms with Crippen molar-refractivity contribution in [2.75, 3.05) is 21.1 Å². The number of aliphatic imine (C=N–C) groups is 1. The first-order chi connectivity index (χ1) is 39.5. The lowest BCUT2D eigenvalue weighted by Gasteiger charge is -2.34. The molecule has 8 rings (SSSR count). The molecule has 0 spiro atoms. The van der Waals surface area contributed by atoms with Gasteiger partial charge in [0.25, 0.3) is 0 Å². The topological polar surface area (TPSA) is 15.6 Å². The third-order valence-electron chi connectivity index (χ3n) is 13.4. The molecule has 420 valence electrons. The minimum absolute atomic E-state index is 0.263. The van der Waals surface area contributed by atoms with Crippen LogP contribution in [0, 0.1) is 13.8 Å². The zero-order valence-electron chi connectivity index (χ0n) is 51.8. The van der Waals surface area contributed by atoms with E-state index < -0.39 is 0 Å². The molecule has 0 amide bonds. The average molecular weight is 1070 g/mol. The lowest BCUT2D eigenvalue weighted by atomic mass is 9.67. The number of rotatable bonds is 13. The van der Waals surface area contributed by atoms with E-state index in [-0.39, 0.29) is 5.41 Å². The molecule has 2 nitrogen and oxygen atoms in total. The molecule has 6 aromatic carbocycles. The van der Waals surface area contributed by atoms with Gasteiger partial charge in [0.1, 0.15) is 0 Å². The van der Waals surface area contributed by atoms with Crippen LogP contribution < -0.4 is 0 Å². The van der Waals surface area contributed by atoms with E-state index in [2.05, 4.69) is 282 Å². The van der Waals surface area contributed by atoms with Gasteiger partial charge < -0.3 is 4.90 Å². The van der Waals surface area contributed by atoms with Crippen LogP contribution in [0.15, 0.2) is 277 Å². The molecule has 2 aliphatic rings. The van der Waals surface area contributed by atoms with Gasteiger partial charge in [0.2, 0.25) is 0 Å². The number of hydrogen-bond acceptors (Lipinski definition) is 2. The predicted octanol–water partition coefficient (Wildman–Crippen LogP) is 21.9. The standard InChI is InChI=1S/C26H20.C25H30.C18H21N.C6H11N.2C2H6/c1-19-16-17-23-22-14-8-9-15-24(22)26(25(23)18-19,20-10-4-2-5-11-20)21-12-6-3-7-13-21;1-6-13-24(14-7-2)22(8-3)15-11-10-12-16-23(9-4)25-19-17-21(5)18-20-25;1-4-16-8-6-5-7-9-17-11-10-15(14-18(16)17)12-13-19(2)3;1-4-6(2)5-7-3;2*1-2/h2-18H,1H3;6-9,11-20H,1,10H2,2-5H3;4-8,10-14H,9H2,1-3H3;4-5H,1-3H3;2*1-2H3/b;14-7-,15-11-,16-12-,22-8+,23-9+,24-13+;7-5-,8-6-,13-12-,16-4-;6-4-,7-5?;;. The summed E-state index contributed by atoms with van der Waals surface area (Å²) in [5, 5.41) is 0. The lowest BCUT2D eigenvalue weighted by molar-refractivity contribution is 0.567. The minimum Gasteiger partial charge on any atom is -0.383 e. The van der Waals surface area contributed by atoms with Crippen molar-refractivity contribution in [3.05, 3.63) is 328 Å². The van der Waals surface area contributed by atoms with Crippen molar-refractivity contribution in [2.45, 2.75) is 101 Å². The largest absolute Gasteiger partial charge is 0.383 e. The maximum atomic E-state index is 3.81. The molecule has 0 aromatic heterocycles. The van der Waals surface area contributed by atoms with Crippen LogP contribution >= 0.6 is 0 Å². The smallest absolute Gasteiger partial charge is 0.0713 e. The second-order valence-electron chi connectivity index (χ2n) is 19.2. The predicted molar refractivity (Wildman–Crippen MR) is 364 cm³/mol. The number of nitrogens with zero attached hydrogens (tertiary/aromatic N) is 2. The van der Waals surface area contributed by atoms with Gasteiger partial charge in [0.15, 0.2) is 0 Å². The summed E-state index contributed by atoms with van der Waals surface area (Å²) in [6.45, 7) is 28.4. The Bertz CT molecular complexity index is 3180. The Balaban J connectivity index is 0.000000295. The summed E-state index contributed by atoms with van der Waals surface area (Å²) in [7, 11) is 5.84. The zero-order chi connectivity index (χ0) is 59.4. The molecule has 2 heteroatoms. The van der Waals surface area contributed by atoms with Crippen LogP contribution in [0.25, 0.3) is 28.3 Å². The highest BCUT2D eigenvalue weighted by Crippen LogP contribution is 2.56. The van der Waals surface area contributed by atoms with Crippen molar-refractivity contribution >= 4 is 23.4 Å². The summed E-state index contributed by atoms with van der Waals surface area (Å²) < 4.78 is 0. The Morgan fingerprint density at radius 2 is 1.23 bits per heavy atom. The van der Waals surface area contributed by atoms with Crippen molar-refractivity contribution in [2.24, 2.45) is 4.99 Å². The van der Waals surface area contributed by atoms with Gasteiger partial charge in [-0.3, -0.25) is 4.99 Å². The molecule has 0 saturated carbocycles. The third-order valence-corrected chi connectivity index (χ3v) is 13.4. The molecule has 0 saturated heterocycles. The molecule has 2 aliphatic carbocycles. The summed E-state index contributed by atoms with van der Waals surface area (Å²) in [5.41, 5.74) is 21.8. The number of aryl methyl sites for hydroxylation is 2. The van der Waals surface area contributed by atoms with Crippen molar-refractivity contribution in [1.82, 2.24) is 4.90 Å². The van der Waals surface area contributed by atoms with Crippen molar-refractivity contribution in [3.8, 4) is 11.1 Å². The Hall–Kier alpha value is -8.33. The van der Waals surface area contributed by atoms with Crippen molar-refractivity contribution in [3.63, 3.8) is 0 Å². The molecule has 0 fully saturated rings. The fraction of sp³-hybridized carbons (Fsp3) is 0.228. The van der Waals surface area contributed by atoms with E-state index in [1.165, 1.54) is 94.6 Å². The quantitative estimate of drug-likeness (QED) is 0.0830. The number of fused-ring (bicyclic) bond motifs is 4. The fourth-order valence-corrected chi connectivity index (χ4v) is 9.48. The Morgan fingerprint density at radius 3 is 1.80 bits per heavy atom. The van der Waals surface area contributed by atoms with E-state index in [1.54, 1.807) is 7.05 Å². The van der Waals surface area contributed by atoms with Gasteiger partial charge in [-0.15, -0.1) is 0 Å². The lowest BCUT2D eigenvalue weighted by Crippen LogP contribution is -2.28. The molecule has 0 aliphatic heterocycles. The highest BCUT2D eigenvalue weighted by Gasteiger charge is 2.45. The van der Waals surface area contributed by atoms with Gasteiger partial charge in [0, 0.05) is 27.4 Å². The molecule has 0 unspecified atom stereocenters.